The summed E-state index contributed by atoms with van der Waals surface area (Å²) in [6, 6.07) is 5.36. The summed E-state index contributed by atoms with van der Waals surface area (Å²) in [6.07, 6.45) is 3.36. The van der Waals surface area contributed by atoms with E-state index in [0.29, 0.717) is 11.3 Å². The fraction of sp³-hybridized carbons (Fsp3) is 0.167. The van der Waals surface area contributed by atoms with Crippen molar-refractivity contribution in [3.05, 3.63) is 41.7 Å². The number of hydrogen-bond donors (Lipinski definition) is 1. The molecule has 0 atom stereocenters. The van der Waals surface area contributed by atoms with Crippen molar-refractivity contribution < 1.29 is 9.84 Å². The van der Waals surface area contributed by atoms with Gasteiger partial charge < -0.3 is 9.84 Å². The molecule has 1 aromatic heterocycles. The van der Waals surface area contributed by atoms with Crippen molar-refractivity contribution in [2.45, 2.75) is 13.8 Å². The third-order valence-corrected chi connectivity index (χ3v) is 2.21. The van der Waals surface area contributed by atoms with E-state index in [2.05, 4.69) is 9.97 Å². The normalized spacial score (nSPS) is 10.1. The number of aryl methyl sites for hydroxylation is 1. The highest BCUT2D eigenvalue weighted by atomic mass is 16.5. The van der Waals surface area contributed by atoms with Crippen LogP contribution in [0.3, 0.4) is 0 Å². The lowest BCUT2D eigenvalue weighted by Gasteiger charge is -2.07. The van der Waals surface area contributed by atoms with Crippen molar-refractivity contribution in [1.82, 2.24) is 9.97 Å². The number of ether oxygens (including phenoxy) is 1. The average Bonchev–Trinajstić information content (AvgIpc) is 2.28. The second-order valence-electron chi connectivity index (χ2n) is 3.55. The highest BCUT2D eigenvalue weighted by Gasteiger charge is 2.06. The predicted octanol–water partition coefficient (Wildman–Crippen LogP) is 2.59. The molecule has 0 saturated carbocycles. The maximum absolute atomic E-state index is 9.50. The minimum atomic E-state index is 0.199. The molecule has 2 aromatic rings. The van der Waals surface area contributed by atoms with Crippen molar-refractivity contribution in [3.63, 3.8) is 0 Å². The van der Waals surface area contributed by atoms with Gasteiger partial charge in [0.1, 0.15) is 11.5 Å². The molecule has 16 heavy (non-hydrogen) atoms. The average molecular weight is 216 g/mol. The lowest BCUT2D eigenvalue weighted by molar-refractivity contribution is 0.425. The first-order valence-corrected chi connectivity index (χ1v) is 4.92. The molecule has 0 saturated heterocycles. The van der Waals surface area contributed by atoms with Crippen LogP contribution in [0.5, 0.6) is 17.5 Å². The van der Waals surface area contributed by atoms with E-state index in [1.807, 2.05) is 6.92 Å². The van der Waals surface area contributed by atoms with Gasteiger partial charge in [0.15, 0.2) is 0 Å². The van der Waals surface area contributed by atoms with Crippen molar-refractivity contribution in [1.29, 1.82) is 0 Å². The Hall–Kier alpha value is -2.10. The Bertz CT molecular complexity index is 495. The van der Waals surface area contributed by atoms with Crippen LogP contribution in [0, 0.1) is 13.8 Å². The monoisotopic (exact) mass is 216 g/mol. The Morgan fingerprint density at radius 3 is 2.50 bits per heavy atom. The van der Waals surface area contributed by atoms with E-state index in [-0.39, 0.29) is 11.8 Å². The van der Waals surface area contributed by atoms with Crippen LogP contribution in [0.1, 0.15) is 11.1 Å². The van der Waals surface area contributed by atoms with E-state index in [9.17, 15) is 5.11 Å². The van der Waals surface area contributed by atoms with Gasteiger partial charge in [-0.05, 0) is 31.5 Å². The van der Waals surface area contributed by atoms with Gasteiger partial charge in [-0.1, -0.05) is 6.07 Å². The van der Waals surface area contributed by atoms with Crippen LogP contribution < -0.4 is 4.74 Å². The number of benzene rings is 1. The fourth-order valence-electron chi connectivity index (χ4n) is 1.25. The zero-order valence-corrected chi connectivity index (χ0v) is 9.14. The van der Waals surface area contributed by atoms with Gasteiger partial charge >= 0.3 is 6.01 Å². The number of aromatic hydroxyl groups is 1. The van der Waals surface area contributed by atoms with Gasteiger partial charge in [0.25, 0.3) is 0 Å². The summed E-state index contributed by atoms with van der Waals surface area (Å²) >= 11 is 0. The first-order valence-electron chi connectivity index (χ1n) is 4.92. The smallest absolute Gasteiger partial charge is 0.321 e. The molecular weight excluding hydrogens is 204 g/mol. The van der Waals surface area contributed by atoms with Crippen molar-refractivity contribution >= 4 is 0 Å². The third-order valence-electron chi connectivity index (χ3n) is 2.21. The highest BCUT2D eigenvalue weighted by Crippen LogP contribution is 2.28. The molecule has 0 fully saturated rings. The van der Waals surface area contributed by atoms with Crippen LogP contribution in [0.15, 0.2) is 30.6 Å². The summed E-state index contributed by atoms with van der Waals surface area (Å²) in [5.74, 6) is 0.758. The van der Waals surface area contributed by atoms with Crippen molar-refractivity contribution in [3.8, 4) is 17.5 Å². The Labute approximate surface area is 93.6 Å². The van der Waals surface area contributed by atoms with E-state index in [1.165, 1.54) is 0 Å². The molecule has 2 rings (SSSR count). The number of hydrogen-bond acceptors (Lipinski definition) is 4. The Morgan fingerprint density at radius 2 is 1.81 bits per heavy atom. The maximum atomic E-state index is 9.50. The van der Waals surface area contributed by atoms with E-state index in [4.69, 9.17) is 4.74 Å². The molecule has 0 radical (unpaired) electrons. The first-order chi connectivity index (χ1) is 7.66. The first kappa shape index (κ1) is 10.4. The van der Waals surface area contributed by atoms with Crippen molar-refractivity contribution in [2.75, 3.05) is 0 Å². The molecule has 0 spiro atoms. The molecule has 1 N–H and O–H groups in total. The summed E-state index contributed by atoms with van der Waals surface area (Å²) in [6.45, 7) is 3.68. The van der Waals surface area contributed by atoms with Gasteiger partial charge in [-0.25, -0.2) is 9.97 Å². The summed E-state index contributed by atoms with van der Waals surface area (Å²) in [5.41, 5.74) is 1.65. The third kappa shape index (κ3) is 2.11. The Morgan fingerprint density at radius 1 is 1.12 bits per heavy atom. The SMILES string of the molecule is Cc1cnc(Oc2cccc(O)c2C)nc1. The lowest BCUT2D eigenvalue weighted by atomic mass is 10.2. The van der Waals surface area contributed by atoms with E-state index in [0.717, 1.165) is 5.56 Å². The fourth-order valence-corrected chi connectivity index (χ4v) is 1.25. The zero-order chi connectivity index (χ0) is 11.5. The van der Waals surface area contributed by atoms with E-state index >= 15 is 0 Å². The minimum Gasteiger partial charge on any atom is -0.508 e. The van der Waals surface area contributed by atoms with Gasteiger partial charge in [-0.2, -0.15) is 0 Å². The highest BCUT2D eigenvalue weighted by molar-refractivity contribution is 5.43. The van der Waals surface area contributed by atoms with Crippen molar-refractivity contribution in [2.24, 2.45) is 0 Å². The maximum Gasteiger partial charge on any atom is 0.321 e. The van der Waals surface area contributed by atoms with Crippen LogP contribution >= 0.6 is 0 Å². The molecule has 0 aliphatic rings. The van der Waals surface area contributed by atoms with Gasteiger partial charge in [0.2, 0.25) is 0 Å². The van der Waals surface area contributed by atoms with Gasteiger partial charge in [-0.15, -0.1) is 0 Å². The summed E-state index contributed by atoms with van der Waals surface area (Å²) in [7, 11) is 0. The second kappa shape index (κ2) is 4.18. The topological polar surface area (TPSA) is 55.2 Å². The second-order valence-corrected chi connectivity index (χ2v) is 3.55. The largest absolute Gasteiger partial charge is 0.508 e. The van der Waals surface area contributed by atoms with Crippen LogP contribution in [0.2, 0.25) is 0 Å². The molecule has 0 aliphatic heterocycles. The van der Waals surface area contributed by atoms with Gasteiger partial charge in [0.05, 0.1) is 0 Å². The molecule has 82 valence electrons. The molecule has 0 amide bonds. The number of aromatic nitrogens is 2. The van der Waals surface area contributed by atoms with E-state index < -0.39 is 0 Å². The van der Waals surface area contributed by atoms with Crippen LogP contribution in [-0.4, -0.2) is 15.1 Å². The summed E-state index contributed by atoms with van der Waals surface area (Å²) in [5, 5.41) is 9.50. The number of rotatable bonds is 2. The molecule has 1 aromatic carbocycles. The van der Waals surface area contributed by atoms with Crippen LogP contribution in [0.4, 0.5) is 0 Å². The van der Waals surface area contributed by atoms with Crippen LogP contribution in [-0.2, 0) is 0 Å². The molecule has 0 unspecified atom stereocenters. The zero-order valence-electron chi connectivity index (χ0n) is 9.14. The van der Waals surface area contributed by atoms with Gasteiger partial charge in [-0.3, -0.25) is 0 Å². The molecular formula is C12H12N2O2. The summed E-state index contributed by atoms with van der Waals surface area (Å²) < 4.78 is 5.46. The molecule has 0 bridgehead atoms. The van der Waals surface area contributed by atoms with E-state index in [1.54, 1.807) is 37.5 Å². The molecule has 1 heterocycles. The minimum absolute atomic E-state index is 0.199. The number of nitrogens with zero attached hydrogens (tertiary/aromatic N) is 2. The standard InChI is InChI=1S/C12H12N2O2/c1-8-6-13-12(14-7-8)16-11-5-3-4-10(15)9(11)2/h3-7,15H,1-2H3. The Balaban J connectivity index is 2.27. The van der Waals surface area contributed by atoms with Gasteiger partial charge in [0, 0.05) is 18.0 Å². The molecule has 4 heteroatoms. The Kier molecular flexibility index (Phi) is 2.72. The quantitative estimate of drug-likeness (QED) is 0.838. The lowest BCUT2D eigenvalue weighted by Crippen LogP contribution is -1.93. The number of phenols is 1. The predicted molar refractivity (Wildman–Crippen MR) is 59.7 cm³/mol. The number of phenolic OH excluding ortho intramolecular Hbond substituents is 1. The molecule has 0 aliphatic carbocycles. The summed E-state index contributed by atoms with van der Waals surface area (Å²) in [4.78, 5) is 8.06. The molecule has 4 nitrogen and oxygen atoms in total. The van der Waals surface area contributed by atoms with Crippen LogP contribution in [0.25, 0.3) is 0 Å².